The van der Waals surface area contributed by atoms with Crippen molar-refractivity contribution in [3.8, 4) is 0 Å². The van der Waals surface area contributed by atoms with Gasteiger partial charge in [-0.3, -0.25) is 24.0 Å². The third-order valence-electron chi connectivity index (χ3n) is 21.9. The Kier molecular flexibility index (Phi) is 35.2. The summed E-state index contributed by atoms with van der Waals surface area (Å²) in [6.07, 6.45) is -82.2. The van der Waals surface area contributed by atoms with E-state index in [2.05, 4.69) is 21.3 Å². The Morgan fingerprint density at radius 2 is 0.737 bits per heavy atom. The van der Waals surface area contributed by atoms with Crippen LogP contribution in [-0.2, 0) is 109 Å². The van der Waals surface area contributed by atoms with E-state index in [0.29, 0.717) is 0 Å². The van der Waals surface area contributed by atoms with Crippen LogP contribution < -0.4 is 21.3 Å². The molecule has 0 aliphatic carbocycles. The molecule has 682 valence electrons. The summed E-state index contributed by atoms with van der Waals surface area (Å²) in [5, 5.41) is 278. The largest absolute Gasteiger partial charge is 0.410 e. The number of carbonyl (C=O) groups excluding carboxylic acids is 5. The molecule has 0 aromatic carbocycles. The Morgan fingerprint density at radius 1 is 0.381 bits per heavy atom. The van der Waals surface area contributed by atoms with E-state index in [0.717, 1.165) is 27.7 Å². The van der Waals surface area contributed by atoms with Crippen LogP contribution in [-0.4, -0.2) is 488 Å². The minimum Gasteiger partial charge on any atom is -0.410 e. The predicted molar refractivity (Wildman–Crippen MR) is 367 cm³/mol. The number of hydrogen-bond acceptors (Lipinski definition) is 47. The zero-order valence-corrected chi connectivity index (χ0v) is 64.3. The van der Waals surface area contributed by atoms with Crippen molar-refractivity contribution in [3.63, 3.8) is 0 Å². The lowest BCUT2D eigenvalue weighted by atomic mass is 9.87. The van der Waals surface area contributed by atoms with E-state index in [1.54, 1.807) is 0 Å². The number of rotatable bonds is 33. The van der Waals surface area contributed by atoms with E-state index < -0.39 is 371 Å². The molecule has 9 aliphatic heterocycles. The van der Waals surface area contributed by atoms with Gasteiger partial charge < -0.3 is 229 Å². The van der Waals surface area contributed by atoms with E-state index in [-0.39, 0.29) is 6.47 Å². The maximum atomic E-state index is 13.2. The second-order valence-electron chi connectivity index (χ2n) is 30.1. The van der Waals surface area contributed by atoms with Crippen molar-refractivity contribution in [2.24, 2.45) is 5.92 Å². The number of carbonyl (C=O) groups is 5. The van der Waals surface area contributed by atoms with E-state index in [9.17, 15) is 147 Å². The first-order valence-corrected chi connectivity index (χ1v) is 37.9. The molecule has 28 N–H and O–H groups in total. The summed E-state index contributed by atoms with van der Waals surface area (Å²) >= 11 is 0. The number of nitrogens with one attached hydrogen (secondary N) is 4. The van der Waals surface area contributed by atoms with E-state index in [1.807, 2.05) is 0 Å². The first kappa shape index (κ1) is 97.5. The number of aliphatic hydroxyl groups is 24. The summed E-state index contributed by atoms with van der Waals surface area (Å²) in [5.74, 6) is -7.07. The summed E-state index contributed by atoms with van der Waals surface area (Å²) in [5.41, 5.74) is 0. The smallest absolute Gasteiger partial charge is 0.332 e. The van der Waals surface area contributed by atoms with Gasteiger partial charge in [-0.1, -0.05) is 6.92 Å². The highest BCUT2D eigenvalue weighted by atomic mass is 16.9. The molecule has 9 aliphatic rings. The molecule has 46 atom stereocenters. The average molecular weight is 1730 g/mol. The van der Waals surface area contributed by atoms with Gasteiger partial charge in [0.05, 0.1) is 90.2 Å². The van der Waals surface area contributed by atoms with E-state index >= 15 is 0 Å². The summed E-state index contributed by atoms with van der Waals surface area (Å²) in [6.45, 7) is -3.02. The molecule has 0 aromatic rings. The topological polar surface area (TPSA) is 785 Å². The molecule has 9 saturated heterocycles. The van der Waals surface area contributed by atoms with Gasteiger partial charge in [0, 0.05) is 33.6 Å². The third-order valence-corrected chi connectivity index (χ3v) is 21.9. The molecule has 51 nitrogen and oxygen atoms in total. The van der Waals surface area contributed by atoms with Crippen molar-refractivity contribution >= 4 is 30.1 Å². The van der Waals surface area contributed by atoms with Crippen LogP contribution in [0.5, 0.6) is 0 Å². The highest BCUT2D eigenvalue weighted by molar-refractivity contribution is 5.74. The van der Waals surface area contributed by atoms with Crippen molar-refractivity contribution in [1.82, 2.24) is 21.3 Å². The third kappa shape index (κ3) is 21.8. The van der Waals surface area contributed by atoms with Gasteiger partial charge in [0.1, 0.15) is 201 Å². The SMILES string of the molecule is CC(=O)NC1C(O)[C@H](O)[C@H](CO)O[C@H]1OC1[C@@H](OCC2O[C@@H](O[C@@H]3C(CO)O[C@@H](O[C@@H]4C(CO)O[C@@H](C)C(NC(C)=O)[C@H]4O)C(NC(C)=O)[C@H]3O)C(O)[C@@H](O[C@H]3OC(CO)[C@@H](O)C(O)C3O[C@@H]3OC(CO)[C@@H](O[C@@H]4OC(CO[C@]5(OC=O)C[C@@H](O)[C@@H](C)C([C@H](O)[C@H](O)CO)O5)[C@H](O)[C@H](O)C4O)[C@H](O)C3NC(C)=O)[C@@H]2O)OC(CO)[C@@H](O)[C@@H]1O. The molecule has 18 unspecified atom stereocenters. The van der Waals surface area contributed by atoms with Gasteiger partial charge in [-0.05, 0) is 6.92 Å². The van der Waals surface area contributed by atoms with Crippen LogP contribution in [0.3, 0.4) is 0 Å². The Morgan fingerprint density at radius 3 is 1.19 bits per heavy atom. The van der Waals surface area contributed by atoms with Crippen molar-refractivity contribution in [2.45, 2.75) is 324 Å². The average Bonchev–Trinajstić information content (AvgIpc) is 0.766. The van der Waals surface area contributed by atoms with Crippen molar-refractivity contribution in [3.05, 3.63) is 0 Å². The maximum Gasteiger partial charge on any atom is 0.332 e. The summed E-state index contributed by atoms with van der Waals surface area (Å²) in [4.78, 5) is 62.8. The van der Waals surface area contributed by atoms with Gasteiger partial charge in [-0.2, -0.15) is 0 Å². The van der Waals surface area contributed by atoms with E-state index in [1.165, 1.54) is 13.8 Å². The summed E-state index contributed by atoms with van der Waals surface area (Å²) in [7, 11) is 0. The predicted octanol–water partition coefficient (Wildman–Crippen LogP) is -18.5. The molecular weight excluding hydrogens is 1610 g/mol. The summed E-state index contributed by atoms with van der Waals surface area (Å²) < 4.78 is 107. The Labute approximate surface area is 670 Å². The zero-order chi connectivity index (χ0) is 87.1. The minimum absolute atomic E-state index is 0.188. The highest BCUT2D eigenvalue weighted by Gasteiger charge is 2.61. The number of ether oxygens (including phenoxy) is 18. The van der Waals surface area contributed by atoms with Crippen molar-refractivity contribution < 1.29 is 232 Å². The molecule has 9 fully saturated rings. The fraction of sp³-hybridized carbons (Fsp3) is 0.925. The van der Waals surface area contributed by atoms with Gasteiger partial charge in [0.15, 0.2) is 44.0 Å². The zero-order valence-electron chi connectivity index (χ0n) is 64.3. The van der Waals surface area contributed by atoms with Gasteiger partial charge in [-0.15, -0.1) is 0 Å². The van der Waals surface area contributed by atoms with Crippen LogP contribution in [0.2, 0.25) is 0 Å². The number of hydrogen-bond donors (Lipinski definition) is 28. The van der Waals surface area contributed by atoms with Crippen LogP contribution in [0.15, 0.2) is 0 Å². The molecule has 4 amide bonds. The van der Waals surface area contributed by atoms with E-state index in [4.69, 9.17) is 85.3 Å². The first-order chi connectivity index (χ1) is 55.8. The Bertz CT molecular complexity index is 3180. The molecule has 9 rings (SSSR count). The van der Waals surface area contributed by atoms with Gasteiger partial charge in [0.2, 0.25) is 23.6 Å². The Hall–Kier alpha value is -4.29. The maximum absolute atomic E-state index is 13.2. The van der Waals surface area contributed by atoms with Gasteiger partial charge in [-0.25, -0.2) is 0 Å². The monoisotopic (exact) mass is 1720 g/mol. The number of amides is 4. The highest BCUT2D eigenvalue weighted by Crippen LogP contribution is 2.42. The van der Waals surface area contributed by atoms with Gasteiger partial charge in [0.25, 0.3) is 6.47 Å². The molecule has 0 radical (unpaired) electrons. The van der Waals surface area contributed by atoms with Crippen LogP contribution in [0.1, 0.15) is 48.0 Å². The molecule has 0 saturated carbocycles. The molecular formula is C67H112N4O47. The first-order valence-electron chi connectivity index (χ1n) is 37.9. The van der Waals surface area contributed by atoms with Crippen LogP contribution in [0, 0.1) is 5.92 Å². The van der Waals surface area contributed by atoms with Crippen LogP contribution >= 0.6 is 0 Å². The molecule has 0 bridgehead atoms. The summed E-state index contributed by atoms with van der Waals surface area (Å²) in [6, 6.07) is -6.85. The van der Waals surface area contributed by atoms with Crippen LogP contribution in [0.25, 0.3) is 0 Å². The second-order valence-corrected chi connectivity index (χ2v) is 30.1. The second kappa shape index (κ2) is 42.6. The van der Waals surface area contributed by atoms with Gasteiger partial charge >= 0.3 is 5.97 Å². The number of aliphatic hydroxyl groups excluding tert-OH is 24. The molecule has 118 heavy (non-hydrogen) atoms. The lowest BCUT2D eigenvalue weighted by Gasteiger charge is -2.51. The molecule has 0 aromatic heterocycles. The lowest BCUT2D eigenvalue weighted by molar-refractivity contribution is -0.424. The Balaban J connectivity index is 1.03. The van der Waals surface area contributed by atoms with Crippen LogP contribution in [0.4, 0.5) is 0 Å². The van der Waals surface area contributed by atoms with Crippen molar-refractivity contribution in [1.29, 1.82) is 0 Å². The molecule has 9 heterocycles. The minimum atomic E-state index is -2.66. The fourth-order valence-electron chi connectivity index (χ4n) is 15.4. The lowest BCUT2D eigenvalue weighted by Crippen LogP contribution is -2.71. The molecule has 51 heteroatoms. The van der Waals surface area contributed by atoms with Crippen molar-refractivity contribution in [2.75, 3.05) is 59.5 Å². The molecule has 0 spiro atoms. The normalized spacial score (nSPS) is 47.5. The fourth-order valence-corrected chi connectivity index (χ4v) is 15.4. The standard InChI is InChI=1S/C67H112N4O47/c1-18-24(84)7-67(103-17-79,118-53(18)38(86)25(85)8-72)102-16-33-42(90)48(96)51(99)63(111-33)113-55-30(13-77)109-62(37(47(55)95)71-23(6)83)117-59-50(98)41(89)28(11-75)107-66(59)115-57-43(91)32(15-101-65-58(49(97)40(88)27(10-74)106-65)116-60-35(69-21(4)81)44(92)39(87)26(9-73)105-60)110-64(52(57)100)114-56-31(14-78)108-61(36(46(56)94)70-22(5)82)112-54-29(12-76)104-19(2)34(45(54)93)68-20(3)80/h17-19,24-66,72-78,84-100H,7-16H2,1-6H3,(H,68,80)(H,69,81)(H,70,82)(H,71,83)/t18-,19+,24-,25-,26+,27?,28?,29?,30?,31?,32?,33?,34?,35?,36?,37?,38-,39-,40-,41-,42+,43-,44?,45-,46-,47-,48+,49+,50?,51?,52?,53?,54-,55-,56-,57+,58?,59?,60+,61+,62+,63+,64+,65+,66-,67+/m1/s1. The quantitative estimate of drug-likeness (QED) is 0.0214.